The van der Waals surface area contributed by atoms with E-state index >= 15 is 0 Å². The van der Waals surface area contributed by atoms with Crippen molar-refractivity contribution < 1.29 is 9.59 Å². The molecule has 0 spiro atoms. The van der Waals surface area contributed by atoms with Gasteiger partial charge in [0.05, 0.1) is 6.54 Å². The minimum absolute atomic E-state index is 0.133. The average molecular weight is 362 g/mol. The van der Waals surface area contributed by atoms with E-state index in [-0.39, 0.29) is 5.91 Å². The first-order valence-corrected chi connectivity index (χ1v) is 10.4. The second-order valence-corrected chi connectivity index (χ2v) is 8.77. The standard InChI is InChI=1S/C19H27N3O2S/c23-18(20-7-6-16-3-2-8-25-16)13-21-10-14-9-15(12-21)17-4-1-5-19(24)22(17)11-14/h2-3,8,14-15,17H,1,4-7,9-13H2,(H,20,23)/t14?,15?,17-/m1/s1. The highest BCUT2D eigenvalue weighted by Gasteiger charge is 2.43. The van der Waals surface area contributed by atoms with Crippen LogP contribution < -0.4 is 5.32 Å². The summed E-state index contributed by atoms with van der Waals surface area (Å²) in [4.78, 5) is 30.2. The summed E-state index contributed by atoms with van der Waals surface area (Å²) in [6.45, 7) is 4.02. The van der Waals surface area contributed by atoms with E-state index in [0.717, 1.165) is 45.3 Å². The molecule has 6 heteroatoms. The topological polar surface area (TPSA) is 52.7 Å². The molecule has 136 valence electrons. The number of likely N-dealkylation sites (tertiary alicyclic amines) is 1. The van der Waals surface area contributed by atoms with Gasteiger partial charge in [0.15, 0.2) is 0 Å². The molecule has 1 aromatic heterocycles. The zero-order valence-corrected chi connectivity index (χ0v) is 15.5. The lowest BCUT2D eigenvalue weighted by molar-refractivity contribution is -0.145. The molecular formula is C19H27N3O2S. The lowest BCUT2D eigenvalue weighted by Crippen LogP contribution is -2.61. The van der Waals surface area contributed by atoms with E-state index in [2.05, 4.69) is 26.6 Å². The van der Waals surface area contributed by atoms with Crippen molar-refractivity contribution in [1.82, 2.24) is 15.1 Å². The Bertz CT molecular complexity index is 618. The fraction of sp³-hybridized carbons (Fsp3) is 0.684. The first kappa shape index (κ1) is 17.0. The van der Waals surface area contributed by atoms with Gasteiger partial charge < -0.3 is 10.2 Å². The van der Waals surface area contributed by atoms with Crippen molar-refractivity contribution in [3.8, 4) is 0 Å². The number of carbonyl (C=O) groups excluding carboxylic acids is 2. The fourth-order valence-electron chi connectivity index (χ4n) is 4.88. The second kappa shape index (κ2) is 7.46. The van der Waals surface area contributed by atoms with Crippen LogP contribution in [0.2, 0.25) is 0 Å². The molecule has 0 saturated carbocycles. The fourth-order valence-corrected chi connectivity index (χ4v) is 5.59. The Hall–Kier alpha value is -1.40. The maximum atomic E-state index is 12.3. The van der Waals surface area contributed by atoms with Gasteiger partial charge >= 0.3 is 0 Å². The molecule has 1 aromatic rings. The van der Waals surface area contributed by atoms with E-state index in [0.29, 0.717) is 36.9 Å². The van der Waals surface area contributed by atoms with Crippen LogP contribution in [0, 0.1) is 11.8 Å². The van der Waals surface area contributed by atoms with Crippen LogP contribution >= 0.6 is 11.3 Å². The van der Waals surface area contributed by atoms with Crippen LogP contribution in [0.15, 0.2) is 17.5 Å². The van der Waals surface area contributed by atoms with Gasteiger partial charge in [-0.25, -0.2) is 0 Å². The van der Waals surface area contributed by atoms with E-state index < -0.39 is 0 Å². The van der Waals surface area contributed by atoms with Gasteiger partial charge in [0.2, 0.25) is 11.8 Å². The maximum Gasteiger partial charge on any atom is 0.234 e. The molecule has 3 fully saturated rings. The molecule has 0 radical (unpaired) electrons. The summed E-state index contributed by atoms with van der Waals surface area (Å²) in [6, 6.07) is 4.58. The van der Waals surface area contributed by atoms with Crippen molar-refractivity contribution in [2.45, 2.75) is 38.1 Å². The summed E-state index contributed by atoms with van der Waals surface area (Å²) in [5.74, 6) is 1.57. The van der Waals surface area contributed by atoms with E-state index in [1.165, 1.54) is 11.3 Å². The number of nitrogens with one attached hydrogen (secondary N) is 1. The third-order valence-corrected chi connectivity index (χ3v) is 6.83. The minimum atomic E-state index is 0.133. The molecule has 0 aliphatic carbocycles. The van der Waals surface area contributed by atoms with Crippen molar-refractivity contribution in [1.29, 1.82) is 0 Å². The van der Waals surface area contributed by atoms with Crippen molar-refractivity contribution in [2.75, 3.05) is 32.7 Å². The van der Waals surface area contributed by atoms with Crippen LogP contribution in [0.25, 0.3) is 0 Å². The quantitative estimate of drug-likeness (QED) is 0.869. The largest absolute Gasteiger partial charge is 0.355 e. The Morgan fingerprint density at radius 1 is 1.32 bits per heavy atom. The first-order valence-electron chi connectivity index (χ1n) is 9.50. The smallest absolute Gasteiger partial charge is 0.234 e. The highest BCUT2D eigenvalue weighted by atomic mass is 32.1. The van der Waals surface area contributed by atoms with Crippen LogP contribution in [0.5, 0.6) is 0 Å². The lowest BCUT2D eigenvalue weighted by Gasteiger charge is -2.52. The Labute approximate surface area is 153 Å². The van der Waals surface area contributed by atoms with Gasteiger partial charge in [-0.1, -0.05) is 6.07 Å². The first-order chi connectivity index (χ1) is 12.2. The third-order valence-electron chi connectivity index (χ3n) is 5.90. The molecule has 5 nitrogen and oxygen atoms in total. The van der Waals surface area contributed by atoms with E-state index in [1.807, 2.05) is 6.07 Å². The molecule has 2 unspecified atom stereocenters. The van der Waals surface area contributed by atoms with Gasteiger partial charge in [-0.2, -0.15) is 0 Å². The number of rotatable bonds is 5. The predicted molar refractivity (Wildman–Crippen MR) is 98.4 cm³/mol. The Morgan fingerprint density at radius 3 is 3.08 bits per heavy atom. The summed E-state index contributed by atoms with van der Waals surface area (Å²) in [7, 11) is 0. The molecule has 0 aromatic carbocycles. The summed E-state index contributed by atoms with van der Waals surface area (Å²) in [6.07, 6.45) is 5.04. The molecule has 1 N–H and O–H groups in total. The zero-order chi connectivity index (χ0) is 17.2. The number of piperidine rings is 3. The van der Waals surface area contributed by atoms with Gasteiger partial charge in [-0.05, 0) is 49.0 Å². The number of fused-ring (bicyclic) bond motifs is 4. The zero-order valence-electron chi connectivity index (χ0n) is 14.7. The van der Waals surface area contributed by atoms with Crippen molar-refractivity contribution in [3.05, 3.63) is 22.4 Å². The number of hydrogen-bond acceptors (Lipinski definition) is 4. The SMILES string of the molecule is O=C(CN1CC2CC(C1)[C@H]1CCCC(=O)N1C2)NCCc1cccs1. The Morgan fingerprint density at radius 2 is 2.24 bits per heavy atom. The normalized spacial score (nSPS) is 29.4. The Balaban J connectivity index is 1.27. The van der Waals surface area contributed by atoms with Gasteiger partial charge in [0.25, 0.3) is 0 Å². The molecule has 3 aliphatic rings. The van der Waals surface area contributed by atoms with Gasteiger partial charge in [0, 0.05) is 43.5 Å². The Kier molecular flexibility index (Phi) is 5.08. The van der Waals surface area contributed by atoms with E-state index in [9.17, 15) is 9.59 Å². The molecule has 25 heavy (non-hydrogen) atoms. The summed E-state index contributed by atoms with van der Waals surface area (Å²) >= 11 is 1.74. The van der Waals surface area contributed by atoms with Crippen LogP contribution in [0.3, 0.4) is 0 Å². The van der Waals surface area contributed by atoms with E-state index in [4.69, 9.17) is 0 Å². The van der Waals surface area contributed by atoms with E-state index in [1.54, 1.807) is 11.3 Å². The number of nitrogens with zero attached hydrogens (tertiary/aromatic N) is 2. The number of hydrogen-bond donors (Lipinski definition) is 1. The van der Waals surface area contributed by atoms with Crippen LogP contribution in [0.1, 0.15) is 30.6 Å². The summed E-state index contributed by atoms with van der Waals surface area (Å²) < 4.78 is 0. The van der Waals surface area contributed by atoms with Crippen molar-refractivity contribution >= 4 is 23.2 Å². The molecule has 3 saturated heterocycles. The predicted octanol–water partition coefficient (Wildman–Crippen LogP) is 1.74. The molecule has 3 aliphatic heterocycles. The monoisotopic (exact) mass is 361 g/mol. The highest BCUT2D eigenvalue weighted by molar-refractivity contribution is 7.09. The molecule has 4 heterocycles. The maximum absolute atomic E-state index is 12.3. The lowest BCUT2D eigenvalue weighted by atomic mass is 9.76. The number of amides is 2. The van der Waals surface area contributed by atoms with Gasteiger partial charge in [-0.3, -0.25) is 14.5 Å². The molecule has 3 atom stereocenters. The molecule has 4 rings (SSSR count). The van der Waals surface area contributed by atoms with Crippen molar-refractivity contribution in [2.24, 2.45) is 11.8 Å². The summed E-state index contributed by atoms with van der Waals surface area (Å²) in [5, 5.41) is 5.13. The van der Waals surface area contributed by atoms with Crippen LogP contribution in [-0.4, -0.2) is 60.4 Å². The van der Waals surface area contributed by atoms with Crippen LogP contribution in [0.4, 0.5) is 0 Å². The average Bonchev–Trinajstić information content (AvgIpc) is 3.09. The molecular weight excluding hydrogens is 334 g/mol. The van der Waals surface area contributed by atoms with Gasteiger partial charge in [0.1, 0.15) is 0 Å². The number of carbonyl (C=O) groups is 2. The summed E-state index contributed by atoms with van der Waals surface area (Å²) in [5.41, 5.74) is 0. The molecule has 2 bridgehead atoms. The van der Waals surface area contributed by atoms with Crippen molar-refractivity contribution in [3.63, 3.8) is 0 Å². The second-order valence-electron chi connectivity index (χ2n) is 7.74. The highest BCUT2D eigenvalue weighted by Crippen LogP contribution is 2.37. The van der Waals surface area contributed by atoms with Crippen LogP contribution in [-0.2, 0) is 16.0 Å². The van der Waals surface area contributed by atoms with Gasteiger partial charge in [-0.15, -0.1) is 11.3 Å². The third kappa shape index (κ3) is 3.90. The number of thiophene rings is 1. The molecule has 2 amide bonds. The minimum Gasteiger partial charge on any atom is -0.355 e.